The molecule has 6 heteroatoms. The van der Waals surface area contributed by atoms with Crippen molar-refractivity contribution in [3.63, 3.8) is 0 Å². The number of hydrogen-bond donors (Lipinski definition) is 1. The fraction of sp³-hybridized carbons (Fsp3) is 0.143. The van der Waals surface area contributed by atoms with Crippen molar-refractivity contribution in [3.8, 4) is 0 Å². The second kappa shape index (κ2) is 4.68. The molecule has 0 unspecified atom stereocenters. The Balaban J connectivity index is 2.12. The molecule has 1 aliphatic heterocycles. The lowest BCUT2D eigenvalue weighted by Crippen LogP contribution is -2.29. The highest BCUT2D eigenvalue weighted by atomic mass is 35.5. The SMILES string of the molecule is Nc1ccc2c(c1)N(S(=O)(=O)c1ccccc1Cl)CC2. The lowest BCUT2D eigenvalue weighted by atomic mass is 10.1. The maximum absolute atomic E-state index is 12.7. The van der Waals surface area contributed by atoms with E-state index in [2.05, 4.69) is 0 Å². The average Bonchev–Trinajstić information content (AvgIpc) is 2.82. The van der Waals surface area contributed by atoms with Crippen molar-refractivity contribution in [1.29, 1.82) is 0 Å². The summed E-state index contributed by atoms with van der Waals surface area (Å²) in [5.74, 6) is 0. The molecule has 4 nitrogen and oxygen atoms in total. The average molecular weight is 309 g/mol. The third-order valence-corrected chi connectivity index (χ3v) is 5.68. The maximum atomic E-state index is 12.7. The summed E-state index contributed by atoms with van der Waals surface area (Å²) in [5, 5.41) is 0.227. The van der Waals surface area contributed by atoms with Crippen molar-refractivity contribution in [2.24, 2.45) is 0 Å². The van der Waals surface area contributed by atoms with Crippen molar-refractivity contribution < 1.29 is 8.42 Å². The molecular formula is C14H13ClN2O2S. The first-order chi connectivity index (χ1) is 9.50. The number of benzene rings is 2. The maximum Gasteiger partial charge on any atom is 0.265 e. The van der Waals surface area contributed by atoms with E-state index in [9.17, 15) is 8.42 Å². The molecule has 20 heavy (non-hydrogen) atoms. The molecule has 0 fully saturated rings. The van der Waals surface area contributed by atoms with Crippen molar-refractivity contribution >= 4 is 33.0 Å². The van der Waals surface area contributed by atoms with Crippen LogP contribution in [0.2, 0.25) is 5.02 Å². The zero-order valence-electron chi connectivity index (χ0n) is 10.6. The topological polar surface area (TPSA) is 63.4 Å². The molecule has 1 heterocycles. The van der Waals surface area contributed by atoms with Gasteiger partial charge in [-0.15, -0.1) is 0 Å². The van der Waals surface area contributed by atoms with Crippen molar-refractivity contribution in [2.45, 2.75) is 11.3 Å². The first kappa shape index (κ1) is 13.3. The van der Waals surface area contributed by atoms with Gasteiger partial charge < -0.3 is 5.73 Å². The standard InChI is InChI=1S/C14H13ClN2O2S/c15-12-3-1-2-4-14(12)20(18,19)17-8-7-10-5-6-11(16)9-13(10)17/h1-6,9H,7-8,16H2. The molecule has 2 aromatic rings. The molecule has 0 aromatic heterocycles. The number of nitrogens with two attached hydrogens (primary N) is 1. The van der Waals surface area contributed by atoms with Crippen LogP contribution in [0.15, 0.2) is 47.4 Å². The molecule has 2 aromatic carbocycles. The molecule has 0 spiro atoms. The van der Waals surface area contributed by atoms with E-state index in [1.807, 2.05) is 6.07 Å². The van der Waals surface area contributed by atoms with E-state index in [0.717, 1.165) is 5.56 Å². The summed E-state index contributed by atoms with van der Waals surface area (Å²) in [6.45, 7) is 0.409. The van der Waals surface area contributed by atoms with Crippen LogP contribution in [0.25, 0.3) is 0 Å². The lowest BCUT2D eigenvalue weighted by Gasteiger charge is -2.20. The number of nitrogen functional groups attached to an aromatic ring is 1. The molecule has 0 radical (unpaired) electrons. The highest BCUT2D eigenvalue weighted by Gasteiger charge is 2.32. The van der Waals surface area contributed by atoms with Gasteiger partial charge in [-0.25, -0.2) is 8.42 Å². The van der Waals surface area contributed by atoms with E-state index in [-0.39, 0.29) is 9.92 Å². The number of halogens is 1. The Kier molecular flexibility index (Phi) is 3.11. The third-order valence-electron chi connectivity index (χ3n) is 3.37. The minimum Gasteiger partial charge on any atom is -0.399 e. The Morgan fingerprint density at radius 3 is 2.65 bits per heavy atom. The second-order valence-electron chi connectivity index (χ2n) is 4.65. The molecular weight excluding hydrogens is 296 g/mol. The predicted octanol–water partition coefficient (Wildman–Crippen LogP) is 2.67. The van der Waals surface area contributed by atoms with Gasteiger partial charge in [0.25, 0.3) is 10.0 Å². The molecule has 1 aliphatic rings. The van der Waals surface area contributed by atoms with Gasteiger partial charge in [0.1, 0.15) is 4.90 Å². The van der Waals surface area contributed by atoms with E-state index in [0.29, 0.717) is 24.3 Å². The largest absolute Gasteiger partial charge is 0.399 e. The molecule has 3 rings (SSSR count). The zero-order chi connectivity index (χ0) is 14.3. The van der Waals surface area contributed by atoms with Crippen LogP contribution in [0, 0.1) is 0 Å². The van der Waals surface area contributed by atoms with Crippen LogP contribution in [-0.2, 0) is 16.4 Å². The molecule has 2 N–H and O–H groups in total. The van der Waals surface area contributed by atoms with E-state index >= 15 is 0 Å². The summed E-state index contributed by atoms with van der Waals surface area (Å²) < 4.78 is 26.8. The van der Waals surface area contributed by atoms with Crippen molar-refractivity contribution in [2.75, 3.05) is 16.6 Å². The van der Waals surface area contributed by atoms with E-state index in [1.165, 1.54) is 10.4 Å². The Morgan fingerprint density at radius 2 is 1.90 bits per heavy atom. The van der Waals surface area contributed by atoms with Gasteiger partial charge in [0, 0.05) is 12.2 Å². The molecule has 0 saturated carbocycles. The number of nitrogens with zero attached hydrogens (tertiary/aromatic N) is 1. The van der Waals surface area contributed by atoms with Crippen molar-refractivity contribution in [1.82, 2.24) is 0 Å². The molecule has 104 valence electrons. The van der Waals surface area contributed by atoms with Gasteiger partial charge in [-0.1, -0.05) is 29.8 Å². The van der Waals surface area contributed by atoms with Gasteiger partial charge in [-0.05, 0) is 36.2 Å². The molecule has 0 saturated heterocycles. The van der Waals surface area contributed by atoms with E-state index in [1.54, 1.807) is 30.3 Å². The summed E-state index contributed by atoms with van der Waals surface area (Å²) in [4.78, 5) is 0.122. The van der Waals surface area contributed by atoms with Gasteiger partial charge in [0.2, 0.25) is 0 Å². The van der Waals surface area contributed by atoms with Crippen LogP contribution >= 0.6 is 11.6 Å². The summed E-state index contributed by atoms with van der Waals surface area (Å²) in [6, 6.07) is 11.8. The summed E-state index contributed by atoms with van der Waals surface area (Å²) in [6.07, 6.45) is 0.680. The number of hydrogen-bond acceptors (Lipinski definition) is 3. The minimum absolute atomic E-state index is 0.122. The van der Waals surface area contributed by atoms with E-state index < -0.39 is 10.0 Å². The smallest absolute Gasteiger partial charge is 0.265 e. The lowest BCUT2D eigenvalue weighted by molar-refractivity contribution is 0.592. The summed E-state index contributed by atoms with van der Waals surface area (Å²) >= 11 is 6.02. The summed E-state index contributed by atoms with van der Waals surface area (Å²) in [5.41, 5.74) is 7.93. The number of fused-ring (bicyclic) bond motifs is 1. The number of rotatable bonds is 2. The predicted molar refractivity (Wildman–Crippen MR) is 80.5 cm³/mol. The van der Waals surface area contributed by atoms with Crippen LogP contribution in [0.5, 0.6) is 0 Å². The first-order valence-electron chi connectivity index (χ1n) is 6.16. The van der Waals surface area contributed by atoms with Crippen LogP contribution < -0.4 is 10.0 Å². The number of sulfonamides is 1. The zero-order valence-corrected chi connectivity index (χ0v) is 12.2. The van der Waals surface area contributed by atoms with E-state index in [4.69, 9.17) is 17.3 Å². The molecule has 0 aliphatic carbocycles. The van der Waals surface area contributed by atoms with Crippen molar-refractivity contribution in [3.05, 3.63) is 53.1 Å². The van der Waals surface area contributed by atoms with Crippen LogP contribution in [0.3, 0.4) is 0 Å². The normalized spacial score (nSPS) is 14.3. The Bertz CT molecular complexity index is 774. The van der Waals surface area contributed by atoms with Crippen LogP contribution in [-0.4, -0.2) is 15.0 Å². The molecule has 0 bridgehead atoms. The minimum atomic E-state index is -3.65. The highest BCUT2D eigenvalue weighted by Crippen LogP contribution is 2.35. The Hall–Kier alpha value is -1.72. The fourth-order valence-corrected chi connectivity index (χ4v) is 4.38. The first-order valence-corrected chi connectivity index (χ1v) is 7.97. The Labute approximate surface area is 122 Å². The monoisotopic (exact) mass is 308 g/mol. The summed E-state index contributed by atoms with van der Waals surface area (Å²) in [7, 11) is -3.65. The van der Waals surface area contributed by atoms with Gasteiger partial charge in [0.05, 0.1) is 10.7 Å². The number of anilines is 2. The van der Waals surface area contributed by atoms with Gasteiger partial charge >= 0.3 is 0 Å². The Morgan fingerprint density at radius 1 is 1.15 bits per heavy atom. The van der Waals surface area contributed by atoms with Gasteiger partial charge in [-0.3, -0.25) is 4.31 Å². The van der Waals surface area contributed by atoms with Gasteiger partial charge in [-0.2, -0.15) is 0 Å². The van der Waals surface area contributed by atoms with Gasteiger partial charge in [0.15, 0.2) is 0 Å². The quantitative estimate of drug-likeness (QED) is 0.868. The fourth-order valence-electron chi connectivity index (χ4n) is 2.39. The second-order valence-corrected chi connectivity index (χ2v) is 6.88. The van der Waals surface area contributed by atoms with Crippen LogP contribution in [0.4, 0.5) is 11.4 Å². The van der Waals surface area contributed by atoms with Crippen LogP contribution in [0.1, 0.15) is 5.56 Å². The molecule has 0 atom stereocenters. The highest BCUT2D eigenvalue weighted by molar-refractivity contribution is 7.93. The third kappa shape index (κ3) is 2.03. The molecule has 0 amide bonds.